The normalized spacial score (nSPS) is 11.6. The van der Waals surface area contributed by atoms with Crippen LogP contribution in [0.2, 0.25) is 10.0 Å². The highest BCUT2D eigenvalue weighted by atomic mass is 35.7. The zero-order chi connectivity index (χ0) is 15.6. The molecule has 0 spiro atoms. The number of halogens is 3. The Labute approximate surface area is 136 Å². The van der Waals surface area contributed by atoms with E-state index >= 15 is 0 Å². The van der Waals surface area contributed by atoms with Crippen molar-refractivity contribution in [1.29, 1.82) is 0 Å². The number of nitrogens with zero attached hydrogens (tertiary/aromatic N) is 2. The number of aryl methyl sites for hydroxylation is 1. The predicted octanol–water partition coefficient (Wildman–Crippen LogP) is 3.72. The van der Waals surface area contributed by atoms with Crippen LogP contribution in [0, 0.1) is 0 Å². The topological polar surface area (TPSA) is 61.2 Å². The number of hydrogen-bond acceptors (Lipinski definition) is 4. The zero-order valence-electron chi connectivity index (χ0n) is 10.9. The van der Waals surface area contributed by atoms with Crippen molar-refractivity contribution in [1.82, 2.24) is 9.55 Å². The second-order valence-electron chi connectivity index (χ2n) is 4.09. The average molecular weight is 370 g/mol. The van der Waals surface area contributed by atoms with Gasteiger partial charge in [0.25, 0.3) is 9.05 Å². The van der Waals surface area contributed by atoms with E-state index in [2.05, 4.69) is 4.98 Å². The molecule has 0 N–H and O–H groups in total. The summed E-state index contributed by atoms with van der Waals surface area (Å²) in [7, 11) is 1.31. The summed E-state index contributed by atoms with van der Waals surface area (Å²) in [6.45, 7) is 2.97. The molecule has 0 aliphatic carbocycles. The van der Waals surface area contributed by atoms with Crippen molar-refractivity contribution in [2.45, 2.75) is 25.0 Å². The second-order valence-corrected chi connectivity index (χ2v) is 7.38. The molecule has 2 aromatic rings. The summed E-state index contributed by atoms with van der Waals surface area (Å²) in [5.41, 5.74) is 0.860. The summed E-state index contributed by atoms with van der Waals surface area (Å²) in [5, 5.41) is -0.158. The van der Waals surface area contributed by atoms with Gasteiger partial charge in [0.1, 0.15) is 22.3 Å². The maximum atomic E-state index is 11.3. The van der Waals surface area contributed by atoms with Crippen LogP contribution in [-0.2, 0) is 22.2 Å². The molecule has 0 fully saturated rings. The van der Waals surface area contributed by atoms with Gasteiger partial charge in [-0.1, -0.05) is 23.2 Å². The quantitative estimate of drug-likeness (QED) is 0.754. The Bertz CT molecular complexity index is 759. The van der Waals surface area contributed by atoms with Crippen molar-refractivity contribution in [2.24, 2.45) is 0 Å². The van der Waals surface area contributed by atoms with Crippen LogP contribution < -0.4 is 4.74 Å². The largest absolute Gasteiger partial charge is 0.486 e. The Balaban J connectivity index is 2.24. The van der Waals surface area contributed by atoms with Gasteiger partial charge >= 0.3 is 0 Å². The molecule has 21 heavy (non-hydrogen) atoms. The second kappa shape index (κ2) is 6.44. The highest BCUT2D eigenvalue weighted by Crippen LogP contribution is 2.38. The number of benzene rings is 1. The molecular weight excluding hydrogens is 359 g/mol. The fraction of sp³-hybridized carbons (Fsp3) is 0.250. The summed E-state index contributed by atoms with van der Waals surface area (Å²) in [6.07, 6.45) is 3.37. The lowest BCUT2D eigenvalue weighted by Crippen LogP contribution is -2.04. The van der Waals surface area contributed by atoms with Crippen molar-refractivity contribution in [2.75, 3.05) is 0 Å². The van der Waals surface area contributed by atoms with Crippen LogP contribution in [0.4, 0.5) is 0 Å². The lowest BCUT2D eigenvalue weighted by molar-refractivity contribution is 0.295. The van der Waals surface area contributed by atoms with E-state index in [9.17, 15) is 8.42 Å². The minimum absolute atomic E-state index is 0.000885. The van der Waals surface area contributed by atoms with E-state index in [4.69, 9.17) is 38.6 Å². The Morgan fingerprint density at radius 3 is 2.62 bits per heavy atom. The summed E-state index contributed by atoms with van der Waals surface area (Å²) in [6, 6.07) is 2.67. The van der Waals surface area contributed by atoms with Crippen LogP contribution in [0.5, 0.6) is 5.75 Å². The van der Waals surface area contributed by atoms with Crippen LogP contribution >= 0.6 is 33.9 Å². The molecule has 0 bridgehead atoms. The first kappa shape index (κ1) is 16.4. The van der Waals surface area contributed by atoms with Crippen LogP contribution in [0.15, 0.2) is 29.6 Å². The third-order valence-electron chi connectivity index (χ3n) is 2.79. The summed E-state index contributed by atoms with van der Waals surface area (Å²) in [4.78, 5) is 3.77. The fourth-order valence-corrected chi connectivity index (χ4v) is 3.51. The minimum Gasteiger partial charge on any atom is -0.486 e. The standard InChI is InChI=1S/C12H11Cl3N2O3S/c1-2-17-7-16-5-8(17)6-20-9-3-4-10(21(15,18)19)12(14)11(9)13/h3-5,7H,2,6H2,1H3. The SMILES string of the molecule is CCn1cncc1COc1ccc(S(=O)(=O)Cl)c(Cl)c1Cl. The molecule has 1 heterocycles. The Morgan fingerprint density at radius 1 is 1.29 bits per heavy atom. The monoisotopic (exact) mass is 368 g/mol. The molecule has 0 saturated heterocycles. The van der Waals surface area contributed by atoms with Crippen molar-refractivity contribution >= 4 is 42.9 Å². The molecule has 0 aliphatic rings. The molecule has 0 amide bonds. The third-order valence-corrected chi connectivity index (χ3v) is 5.13. The molecule has 1 aromatic carbocycles. The number of hydrogen-bond donors (Lipinski definition) is 0. The van der Waals surface area contributed by atoms with E-state index < -0.39 is 9.05 Å². The van der Waals surface area contributed by atoms with E-state index in [1.165, 1.54) is 12.1 Å². The van der Waals surface area contributed by atoms with Gasteiger partial charge in [0.05, 0.1) is 23.2 Å². The van der Waals surface area contributed by atoms with Gasteiger partial charge in [-0.3, -0.25) is 0 Å². The molecule has 1 aromatic heterocycles. The smallest absolute Gasteiger partial charge is 0.262 e. The van der Waals surface area contributed by atoms with Gasteiger partial charge in [-0.25, -0.2) is 13.4 Å². The Morgan fingerprint density at radius 2 is 2.00 bits per heavy atom. The van der Waals surface area contributed by atoms with Crippen LogP contribution in [0.1, 0.15) is 12.6 Å². The zero-order valence-corrected chi connectivity index (χ0v) is 14.0. The predicted molar refractivity (Wildman–Crippen MR) is 81.7 cm³/mol. The summed E-state index contributed by atoms with van der Waals surface area (Å²) < 4.78 is 30.1. The maximum Gasteiger partial charge on any atom is 0.262 e. The molecule has 2 rings (SSSR count). The van der Waals surface area contributed by atoms with Crippen molar-refractivity contribution < 1.29 is 13.2 Å². The van der Waals surface area contributed by atoms with Crippen molar-refractivity contribution in [3.8, 4) is 5.75 Å². The van der Waals surface area contributed by atoms with Crippen LogP contribution in [0.3, 0.4) is 0 Å². The van der Waals surface area contributed by atoms with Crippen molar-refractivity contribution in [3.05, 3.63) is 40.4 Å². The third kappa shape index (κ3) is 3.63. The lowest BCUT2D eigenvalue weighted by Gasteiger charge is -2.11. The van der Waals surface area contributed by atoms with Gasteiger partial charge in [-0.2, -0.15) is 0 Å². The Hall–Kier alpha value is -0.950. The van der Waals surface area contributed by atoms with E-state index in [0.717, 1.165) is 12.2 Å². The van der Waals surface area contributed by atoms with E-state index in [0.29, 0.717) is 0 Å². The molecule has 0 aliphatic heterocycles. The first-order valence-electron chi connectivity index (χ1n) is 5.89. The molecule has 0 saturated carbocycles. The van der Waals surface area contributed by atoms with Gasteiger partial charge in [0, 0.05) is 17.2 Å². The highest BCUT2D eigenvalue weighted by Gasteiger charge is 2.20. The molecule has 0 unspecified atom stereocenters. The fourth-order valence-electron chi connectivity index (χ4n) is 1.72. The minimum atomic E-state index is -3.96. The van der Waals surface area contributed by atoms with E-state index in [1.54, 1.807) is 12.5 Å². The molecule has 0 atom stereocenters. The molecule has 5 nitrogen and oxygen atoms in total. The number of imidazole rings is 1. The number of aromatic nitrogens is 2. The first-order chi connectivity index (χ1) is 9.84. The molecule has 114 valence electrons. The molecule has 9 heteroatoms. The Kier molecular flexibility index (Phi) is 5.03. The number of ether oxygens (including phenoxy) is 1. The molecular formula is C12H11Cl3N2O3S. The van der Waals surface area contributed by atoms with Gasteiger partial charge < -0.3 is 9.30 Å². The number of rotatable bonds is 5. The average Bonchev–Trinajstić information content (AvgIpc) is 2.86. The lowest BCUT2D eigenvalue weighted by atomic mass is 10.3. The highest BCUT2D eigenvalue weighted by molar-refractivity contribution is 8.13. The van der Waals surface area contributed by atoms with Crippen molar-refractivity contribution in [3.63, 3.8) is 0 Å². The van der Waals surface area contributed by atoms with Gasteiger partial charge in [0.15, 0.2) is 0 Å². The molecule has 0 radical (unpaired) electrons. The van der Waals surface area contributed by atoms with Crippen LogP contribution in [-0.4, -0.2) is 18.0 Å². The van der Waals surface area contributed by atoms with Gasteiger partial charge in [-0.15, -0.1) is 0 Å². The first-order valence-corrected chi connectivity index (χ1v) is 8.95. The van der Waals surface area contributed by atoms with Gasteiger partial charge in [-0.05, 0) is 19.1 Å². The maximum absolute atomic E-state index is 11.3. The van der Waals surface area contributed by atoms with E-state index in [-0.39, 0.29) is 27.3 Å². The summed E-state index contributed by atoms with van der Waals surface area (Å²) >= 11 is 11.9. The van der Waals surface area contributed by atoms with E-state index in [1.807, 2.05) is 11.5 Å². The van der Waals surface area contributed by atoms with Crippen LogP contribution in [0.25, 0.3) is 0 Å². The summed E-state index contributed by atoms with van der Waals surface area (Å²) in [5.74, 6) is 0.273. The van der Waals surface area contributed by atoms with Gasteiger partial charge in [0.2, 0.25) is 0 Å².